The quantitative estimate of drug-likeness (QED) is 0.423. The number of pyridine rings is 1. The molecule has 0 unspecified atom stereocenters. The number of nitrogens with one attached hydrogen (secondary N) is 1. The van der Waals surface area contributed by atoms with Gasteiger partial charge in [0, 0.05) is 11.6 Å². The number of aromatic amines is 1. The van der Waals surface area contributed by atoms with E-state index in [4.69, 9.17) is 0 Å². The largest absolute Gasteiger partial charge is 0.618 e. The number of H-pyrrole nitrogens is 1. The zero-order chi connectivity index (χ0) is 13.5. The molecule has 0 saturated carbocycles. The summed E-state index contributed by atoms with van der Waals surface area (Å²) in [6, 6.07) is 17.4. The molecule has 0 saturated heterocycles. The summed E-state index contributed by atoms with van der Waals surface area (Å²) >= 11 is 0. The van der Waals surface area contributed by atoms with E-state index in [2.05, 4.69) is 9.97 Å². The Labute approximate surface area is 114 Å². The number of para-hydroxylation sites is 1. The van der Waals surface area contributed by atoms with E-state index in [0.717, 1.165) is 27.0 Å². The Balaban J connectivity index is 2.07. The maximum Gasteiger partial charge on any atom is 0.226 e. The van der Waals surface area contributed by atoms with Gasteiger partial charge in [0.15, 0.2) is 5.52 Å². The standard InChI is InChI=1S/C16H11N3O/c20-19-10-13-15(12-8-4-5-9-14(12)19)18-16(17-13)11-6-2-1-3-7-11/h1-10H,(H,17,18). The molecule has 4 rings (SSSR count). The molecule has 0 radical (unpaired) electrons. The van der Waals surface area contributed by atoms with Crippen LogP contribution < -0.4 is 4.73 Å². The maximum absolute atomic E-state index is 12.0. The van der Waals surface area contributed by atoms with Crippen LogP contribution in [0.4, 0.5) is 0 Å². The predicted molar refractivity (Wildman–Crippen MR) is 78.0 cm³/mol. The molecule has 0 amide bonds. The minimum Gasteiger partial charge on any atom is -0.618 e. The van der Waals surface area contributed by atoms with Crippen molar-refractivity contribution in [3.8, 4) is 11.4 Å². The van der Waals surface area contributed by atoms with Crippen molar-refractivity contribution in [3.63, 3.8) is 0 Å². The monoisotopic (exact) mass is 261 g/mol. The summed E-state index contributed by atoms with van der Waals surface area (Å²) in [7, 11) is 0. The summed E-state index contributed by atoms with van der Waals surface area (Å²) in [6.45, 7) is 0. The first-order valence-electron chi connectivity index (χ1n) is 6.39. The molecule has 2 aromatic carbocycles. The van der Waals surface area contributed by atoms with Gasteiger partial charge in [-0.3, -0.25) is 0 Å². The van der Waals surface area contributed by atoms with E-state index >= 15 is 0 Å². The molecular formula is C16H11N3O. The number of hydrogen-bond acceptors (Lipinski definition) is 2. The number of rotatable bonds is 1. The molecule has 0 spiro atoms. The van der Waals surface area contributed by atoms with Crippen LogP contribution in [0, 0.1) is 5.21 Å². The Bertz CT molecular complexity index is 913. The van der Waals surface area contributed by atoms with Gasteiger partial charge in [0.2, 0.25) is 11.7 Å². The summed E-state index contributed by atoms with van der Waals surface area (Å²) in [5, 5.41) is 12.9. The van der Waals surface area contributed by atoms with E-state index in [9.17, 15) is 5.21 Å². The summed E-state index contributed by atoms with van der Waals surface area (Å²) in [5.41, 5.74) is 3.22. The maximum atomic E-state index is 12.0. The third kappa shape index (κ3) is 1.55. The van der Waals surface area contributed by atoms with E-state index in [1.165, 1.54) is 6.20 Å². The highest BCUT2D eigenvalue weighted by Gasteiger charge is 2.13. The number of fused-ring (bicyclic) bond motifs is 3. The highest BCUT2D eigenvalue weighted by Crippen LogP contribution is 2.24. The van der Waals surface area contributed by atoms with Crippen LogP contribution >= 0.6 is 0 Å². The van der Waals surface area contributed by atoms with Crippen LogP contribution in [0.15, 0.2) is 60.8 Å². The molecule has 0 aliphatic rings. The van der Waals surface area contributed by atoms with Crippen molar-refractivity contribution >= 4 is 21.9 Å². The lowest BCUT2D eigenvalue weighted by molar-refractivity contribution is -0.575. The van der Waals surface area contributed by atoms with Crippen LogP contribution in [0.25, 0.3) is 33.3 Å². The van der Waals surface area contributed by atoms with Crippen LogP contribution in [-0.4, -0.2) is 9.97 Å². The van der Waals surface area contributed by atoms with Crippen molar-refractivity contribution in [1.82, 2.24) is 9.97 Å². The lowest BCUT2D eigenvalue weighted by atomic mass is 10.2. The normalized spacial score (nSPS) is 11.2. The van der Waals surface area contributed by atoms with Gasteiger partial charge in [-0.15, -0.1) is 0 Å². The average molecular weight is 261 g/mol. The SMILES string of the molecule is [O-][n+]1cc2nc(-c3ccccc3)[nH]c2c2ccccc21. The topological polar surface area (TPSA) is 55.6 Å². The van der Waals surface area contributed by atoms with Crippen LogP contribution in [0.2, 0.25) is 0 Å². The Kier molecular flexibility index (Phi) is 2.23. The fourth-order valence-electron chi connectivity index (χ4n) is 2.48. The Morgan fingerprint density at radius 1 is 0.950 bits per heavy atom. The summed E-state index contributed by atoms with van der Waals surface area (Å²) < 4.78 is 0.868. The third-order valence-corrected chi connectivity index (χ3v) is 3.43. The Hall–Kier alpha value is -2.88. The number of nitrogens with zero attached hydrogens (tertiary/aromatic N) is 2. The zero-order valence-corrected chi connectivity index (χ0v) is 10.6. The van der Waals surface area contributed by atoms with Gasteiger partial charge in [-0.2, -0.15) is 4.73 Å². The van der Waals surface area contributed by atoms with E-state index in [1.54, 1.807) is 0 Å². The first-order chi connectivity index (χ1) is 9.83. The lowest BCUT2D eigenvalue weighted by Gasteiger charge is -2.00. The second-order valence-corrected chi connectivity index (χ2v) is 4.68. The minimum atomic E-state index is 0.642. The van der Waals surface area contributed by atoms with Crippen LogP contribution in [0.3, 0.4) is 0 Å². The van der Waals surface area contributed by atoms with Gasteiger partial charge >= 0.3 is 0 Å². The van der Waals surface area contributed by atoms with Gasteiger partial charge < -0.3 is 10.2 Å². The summed E-state index contributed by atoms with van der Waals surface area (Å²) in [5.74, 6) is 0.775. The van der Waals surface area contributed by atoms with Crippen molar-refractivity contribution in [3.05, 3.63) is 66.0 Å². The molecule has 4 aromatic rings. The van der Waals surface area contributed by atoms with Crippen molar-refractivity contribution in [2.75, 3.05) is 0 Å². The first kappa shape index (κ1) is 11.0. The van der Waals surface area contributed by atoms with Crippen molar-refractivity contribution < 1.29 is 4.73 Å². The van der Waals surface area contributed by atoms with Crippen LogP contribution in [-0.2, 0) is 0 Å². The molecule has 4 nitrogen and oxygen atoms in total. The summed E-state index contributed by atoms with van der Waals surface area (Å²) in [6.07, 6.45) is 1.51. The van der Waals surface area contributed by atoms with E-state index < -0.39 is 0 Å². The molecule has 2 aromatic heterocycles. The van der Waals surface area contributed by atoms with E-state index in [1.807, 2.05) is 54.6 Å². The molecule has 1 N–H and O–H groups in total. The summed E-state index contributed by atoms with van der Waals surface area (Å²) in [4.78, 5) is 7.84. The number of imidazole rings is 1. The average Bonchev–Trinajstić information content (AvgIpc) is 2.93. The molecule has 20 heavy (non-hydrogen) atoms. The molecule has 96 valence electrons. The predicted octanol–water partition coefficient (Wildman–Crippen LogP) is 3.02. The molecule has 4 heteroatoms. The second kappa shape index (κ2) is 4.06. The molecule has 0 atom stereocenters. The Morgan fingerprint density at radius 3 is 2.55 bits per heavy atom. The number of aromatic nitrogens is 3. The first-order valence-corrected chi connectivity index (χ1v) is 6.39. The van der Waals surface area contributed by atoms with Crippen molar-refractivity contribution in [2.24, 2.45) is 0 Å². The zero-order valence-electron chi connectivity index (χ0n) is 10.6. The fraction of sp³-hybridized carbons (Fsp3) is 0. The van der Waals surface area contributed by atoms with Gasteiger partial charge in [-0.1, -0.05) is 42.5 Å². The Morgan fingerprint density at radius 2 is 1.70 bits per heavy atom. The second-order valence-electron chi connectivity index (χ2n) is 4.68. The van der Waals surface area contributed by atoms with Crippen LogP contribution in [0.5, 0.6) is 0 Å². The molecule has 0 aliphatic heterocycles. The molecular weight excluding hydrogens is 250 g/mol. The lowest BCUT2D eigenvalue weighted by Crippen LogP contribution is -2.26. The number of hydrogen-bond donors (Lipinski definition) is 1. The molecule has 0 bridgehead atoms. The number of benzene rings is 2. The van der Waals surface area contributed by atoms with Crippen molar-refractivity contribution in [2.45, 2.75) is 0 Å². The molecule has 0 fully saturated rings. The highest BCUT2D eigenvalue weighted by atomic mass is 16.5. The van der Waals surface area contributed by atoms with Gasteiger partial charge in [0.1, 0.15) is 5.82 Å². The van der Waals surface area contributed by atoms with Gasteiger partial charge in [-0.05, 0) is 6.07 Å². The molecule has 2 heterocycles. The van der Waals surface area contributed by atoms with E-state index in [0.29, 0.717) is 11.0 Å². The smallest absolute Gasteiger partial charge is 0.226 e. The minimum absolute atomic E-state index is 0.642. The van der Waals surface area contributed by atoms with E-state index in [-0.39, 0.29) is 0 Å². The van der Waals surface area contributed by atoms with Crippen molar-refractivity contribution in [1.29, 1.82) is 0 Å². The van der Waals surface area contributed by atoms with Gasteiger partial charge in [0.25, 0.3) is 0 Å². The molecule has 0 aliphatic carbocycles. The third-order valence-electron chi connectivity index (χ3n) is 3.43. The van der Waals surface area contributed by atoms with Gasteiger partial charge in [-0.25, -0.2) is 4.98 Å². The van der Waals surface area contributed by atoms with Gasteiger partial charge in [0.05, 0.1) is 10.9 Å². The highest BCUT2D eigenvalue weighted by molar-refractivity contribution is 6.01. The van der Waals surface area contributed by atoms with Crippen LogP contribution in [0.1, 0.15) is 0 Å². The fourth-order valence-corrected chi connectivity index (χ4v) is 2.48.